The van der Waals surface area contributed by atoms with Crippen molar-refractivity contribution in [1.82, 2.24) is 5.32 Å². The van der Waals surface area contributed by atoms with Crippen LogP contribution in [0.25, 0.3) is 6.08 Å². The van der Waals surface area contributed by atoms with Crippen LogP contribution in [0.5, 0.6) is 5.75 Å². The summed E-state index contributed by atoms with van der Waals surface area (Å²) < 4.78 is 5.09. The van der Waals surface area contributed by atoms with Crippen LogP contribution in [-0.2, 0) is 9.59 Å². The van der Waals surface area contributed by atoms with Gasteiger partial charge in [0.15, 0.2) is 0 Å². The van der Waals surface area contributed by atoms with Crippen molar-refractivity contribution in [2.45, 2.75) is 26.8 Å². The number of hydrogen-bond donors (Lipinski definition) is 2. The molecule has 0 saturated heterocycles. The highest BCUT2D eigenvalue weighted by Gasteiger charge is 2.31. The van der Waals surface area contributed by atoms with E-state index in [0.29, 0.717) is 5.75 Å². The van der Waals surface area contributed by atoms with E-state index in [1.165, 1.54) is 6.08 Å². The number of ether oxygens (including phenoxy) is 1. The Morgan fingerprint density at radius 2 is 2.00 bits per heavy atom. The van der Waals surface area contributed by atoms with E-state index in [9.17, 15) is 9.59 Å². The van der Waals surface area contributed by atoms with E-state index in [-0.39, 0.29) is 0 Å². The number of amides is 1. The number of hydrogen-bond acceptors (Lipinski definition) is 3. The van der Waals surface area contributed by atoms with E-state index in [1.54, 1.807) is 46.1 Å². The number of carboxylic acids is 1. The zero-order valence-electron chi connectivity index (χ0n) is 12.7. The molecule has 1 rings (SSSR count). The molecule has 0 saturated carbocycles. The van der Waals surface area contributed by atoms with E-state index < -0.39 is 23.3 Å². The zero-order chi connectivity index (χ0) is 16.0. The average molecular weight is 291 g/mol. The maximum absolute atomic E-state index is 11.8. The molecule has 1 unspecified atom stereocenters. The topological polar surface area (TPSA) is 75.6 Å². The Labute approximate surface area is 124 Å². The number of benzene rings is 1. The fourth-order valence-corrected chi connectivity index (χ4v) is 1.76. The molecule has 0 heterocycles. The summed E-state index contributed by atoms with van der Waals surface area (Å²) >= 11 is 0. The van der Waals surface area contributed by atoms with Crippen molar-refractivity contribution in [2.75, 3.05) is 7.11 Å². The van der Waals surface area contributed by atoms with E-state index >= 15 is 0 Å². The summed E-state index contributed by atoms with van der Waals surface area (Å²) in [5, 5.41) is 11.7. The third kappa shape index (κ3) is 5.30. The van der Waals surface area contributed by atoms with Crippen molar-refractivity contribution >= 4 is 18.0 Å². The molecule has 1 aromatic rings. The third-order valence-corrected chi connectivity index (χ3v) is 2.92. The van der Waals surface area contributed by atoms with Crippen molar-refractivity contribution in [1.29, 1.82) is 0 Å². The van der Waals surface area contributed by atoms with Crippen LogP contribution in [0, 0.1) is 5.41 Å². The maximum Gasteiger partial charge on any atom is 0.326 e. The number of nitrogens with one attached hydrogen (secondary N) is 1. The van der Waals surface area contributed by atoms with E-state index in [0.717, 1.165) is 5.56 Å². The molecule has 1 aromatic carbocycles. The van der Waals surface area contributed by atoms with Crippen molar-refractivity contribution in [2.24, 2.45) is 5.41 Å². The van der Waals surface area contributed by atoms with Crippen LogP contribution in [0.15, 0.2) is 30.3 Å². The van der Waals surface area contributed by atoms with Gasteiger partial charge < -0.3 is 15.2 Å². The molecule has 2 N–H and O–H groups in total. The molecule has 5 heteroatoms. The molecule has 0 fully saturated rings. The summed E-state index contributed by atoms with van der Waals surface area (Å²) in [4.78, 5) is 23.0. The lowest BCUT2D eigenvalue weighted by atomic mass is 9.87. The Morgan fingerprint density at radius 1 is 1.33 bits per heavy atom. The van der Waals surface area contributed by atoms with Crippen LogP contribution < -0.4 is 10.1 Å². The van der Waals surface area contributed by atoms with Crippen LogP contribution in [0.2, 0.25) is 0 Å². The molecule has 5 nitrogen and oxygen atoms in total. The van der Waals surface area contributed by atoms with Gasteiger partial charge in [-0.05, 0) is 29.2 Å². The van der Waals surface area contributed by atoms with Gasteiger partial charge in [0.1, 0.15) is 11.8 Å². The van der Waals surface area contributed by atoms with Crippen molar-refractivity contribution in [3.8, 4) is 5.75 Å². The van der Waals surface area contributed by atoms with Gasteiger partial charge in [-0.2, -0.15) is 0 Å². The van der Waals surface area contributed by atoms with Gasteiger partial charge in [-0.1, -0.05) is 32.9 Å². The molecule has 0 bridgehead atoms. The van der Waals surface area contributed by atoms with Gasteiger partial charge in [-0.3, -0.25) is 4.79 Å². The van der Waals surface area contributed by atoms with Gasteiger partial charge >= 0.3 is 5.97 Å². The number of aliphatic carboxylic acids is 1. The molecule has 1 atom stereocenters. The largest absolute Gasteiger partial charge is 0.497 e. The Hall–Kier alpha value is -2.30. The van der Waals surface area contributed by atoms with Gasteiger partial charge in [0.05, 0.1) is 7.11 Å². The Bertz CT molecular complexity index is 543. The first-order valence-electron chi connectivity index (χ1n) is 6.59. The number of carbonyl (C=O) groups is 2. The van der Waals surface area contributed by atoms with Crippen molar-refractivity contribution in [3.05, 3.63) is 35.9 Å². The Kier molecular flexibility index (Phi) is 5.52. The highest BCUT2D eigenvalue weighted by molar-refractivity contribution is 5.94. The summed E-state index contributed by atoms with van der Waals surface area (Å²) in [7, 11) is 1.57. The molecule has 0 aliphatic rings. The summed E-state index contributed by atoms with van der Waals surface area (Å²) in [5.41, 5.74) is 0.234. The second-order valence-corrected chi connectivity index (χ2v) is 5.76. The van der Waals surface area contributed by atoms with Crippen molar-refractivity contribution in [3.63, 3.8) is 0 Å². The van der Waals surface area contributed by atoms with Gasteiger partial charge in [0.25, 0.3) is 0 Å². The minimum atomic E-state index is -1.05. The lowest BCUT2D eigenvalue weighted by molar-refractivity contribution is -0.144. The zero-order valence-corrected chi connectivity index (χ0v) is 12.7. The first-order chi connectivity index (χ1) is 9.74. The minimum Gasteiger partial charge on any atom is -0.497 e. The lowest BCUT2D eigenvalue weighted by Gasteiger charge is -2.27. The molecule has 114 valence electrons. The highest BCUT2D eigenvalue weighted by Crippen LogP contribution is 2.19. The fourth-order valence-electron chi connectivity index (χ4n) is 1.76. The standard InChI is InChI=1S/C16H21NO4/c1-16(2,3)14(15(19)20)17-13(18)9-8-11-6-5-7-12(10-11)21-4/h5-10,14H,1-4H3,(H,17,18)(H,19,20)/b9-8+. The van der Waals surface area contributed by atoms with E-state index in [2.05, 4.69) is 5.32 Å². The van der Waals surface area contributed by atoms with Crippen LogP contribution in [-0.4, -0.2) is 30.1 Å². The number of carbonyl (C=O) groups excluding carboxylic acids is 1. The summed E-state index contributed by atoms with van der Waals surface area (Å²) in [5.74, 6) is -0.804. The summed E-state index contributed by atoms with van der Waals surface area (Å²) in [6, 6.07) is 6.27. The van der Waals surface area contributed by atoms with E-state index in [1.807, 2.05) is 12.1 Å². The Balaban J connectivity index is 2.76. The number of carboxylic acid groups (broad SMARTS) is 1. The molecule has 21 heavy (non-hydrogen) atoms. The normalized spacial score (nSPS) is 13.0. The highest BCUT2D eigenvalue weighted by atomic mass is 16.5. The van der Waals surface area contributed by atoms with Crippen molar-refractivity contribution < 1.29 is 19.4 Å². The monoisotopic (exact) mass is 291 g/mol. The van der Waals surface area contributed by atoms with Crippen LogP contribution >= 0.6 is 0 Å². The molecule has 0 radical (unpaired) electrons. The second-order valence-electron chi connectivity index (χ2n) is 5.76. The van der Waals surface area contributed by atoms with Gasteiger partial charge in [0.2, 0.25) is 5.91 Å². The fraction of sp³-hybridized carbons (Fsp3) is 0.375. The number of rotatable bonds is 5. The van der Waals surface area contributed by atoms with E-state index in [4.69, 9.17) is 9.84 Å². The van der Waals surface area contributed by atoms with Gasteiger partial charge in [-0.25, -0.2) is 4.79 Å². The predicted octanol–water partition coefficient (Wildman–Crippen LogP) is 2.32. The Morgan fingerprint density at radius 3 is 2.52 bits per heavy atom. The molecular formula is C16H21NO4. The first kappa shape index (κ1) is 16.8. The lowest BCUT2D eigenvalue weighted by Crippen LogP contribution is -2.48. The SMILES string of the molecule is COc1cccc(/C=C/C(=O)NC(C(=O)O)C(C)(C)C)c1. The van der Waals surface area contributed by atoms with Gasteiger partial charge in [0, 0.05) is 6.08 Å². The quantitative estimate of drug-likeness (QED) is 0.816. The molecule has 0 aliphatic carbocycles. The molecule has 1 amide bonds. The average Bonchev–Trinajstić information content (AvgIpc) is 2.41. The minimum absolute atomic E-state index is 0.444. The maximum atomic E-state index is 11.8. The smallest absolute Gasteiger partial charge is 0.326 e. The second kappa shape index (κ2) is 6.92. The number of methoxy groups -OCH3 is 1. The third-order valence-electron chi connectivity index (χ3n) is 2.92. The predicted molar refractivity (Wildman–Crippen MR) is 81.0 cm³/mol. The molecule has 0 aromatic heterocycles. The first-order valence-corrected chi connectivity index (χ1v) is 6.59. The molecule has 0 aliphatic heterocycles. The summed E-state index contributed by atoms with van der Waals surface area (Å²) in [6.07, 6.45) is 2.93. The summed E-state index contributed by atoms with van der Waals surface area (Å²) in [6.45, 7) is 5.29. The molecule has 0 spiro atoms. The van der Waals surface area contributed by atoms with Crippen LogP contribution in [0.4, 0.5) is 0 Å². The molecular weight excluding hydrogens is 270 g/mol. The van der Waals surface area contributed by atoms with Crippen LogP contribution in [0.1, 0.15) is 26.3 Å². The van der Waals surface area contributed by atoms with Crippen LogP contribution in [0.3, 0.4) is 0 Å². The van der Waals surface area contributed by atoms with Gasteiger partial charge in [-0.15, -0.1) is 0 Å².